The highest BCUT2D eigenvalue weighted by Crippen LogP contribution is 2.27. The molecule has 1 aromatic carbocycles. The van der Waals surface area contributed by atoms with Gasteiger partial charge in [-0.05, 0) is 57.7 Å². The Hall–Kier alpha value is -2.74. The van der Waals surface area contributed by atoms with Crippen molar-refractivity contribution in [3.8, 4) is 0 Å². The van der Waals surface area contributed by atoms with Crippen molar-refractivity contribution in [3.63, 3.8) is 0 Å². The van der Waals surface area contributed by atoms with Crippen LogP contribution in [-0.4, -0.2) is 71.6 Å². The molecule has 2 atom stereocenters. The number of aryl methyl sites for hydroxylation is 2. The molecule has 2 fully saturated rings. The summed E-state index contributed by atoms with van der Waals surface area (Å²) in [5.41, 5.74) is 3.12. The molecule has 178 valence electrons. The third-order valence-electron chi connectivity index (χ3n) is 6.74. The van der Waals surface area contributed by atoms with Gasteiger partial charge in [0.1, 0.15) is 5.71 Å². The molecule has 0 radical (unpaired) electrons. The fraction of sp³-hybridized carbons (Fsp3) is 0.600. The number of amides is 3. The normalized spacial score (nSPS) is 24.7. The number of piperidine rings is 1. The van der Waals surface area contributed by atoms with Crippen molar-refractivity contribution < 1.29 is 19.1 Å². The molecular weight excluding hydrogens is 420 g/mol. The largest absolute Gasteiger partial charge is 0.372 e. The van der Waals surface area contributed by atoms with E-state index in [4.69, 9.17) is 4.74 Å². The molecule has 0 bridgehead atoms. The highest BCUT2D eigenvalue weighted by molar-refractivity contribution is 6.40. The molecule has 3 aliphatic rings. The van der Waals surface area contributed by atoms with Crippen molar-refractivity contribution in [2.24, 2.45) is 11.0 Å². The number of carbonyl (C=O) groups excluding carboxylic acids is 3. The monoisotopic (exact) mass is 454 g/mol. The molecule has 0 spiro atoms. The van der Waals surface area contributed by atoms with Gasteiger partial charge < -0.3 is 14.5 Å². The topological polar surface area (TPSA) is 82.5 Å². The molecule has 2 unspecified atom stereocenters. The quantitative estimate of drug-likeness (QED) is 0.703. The average Bonchev–Trinajstić information content (AvgIpc) is 2.79. The second-order valence-electron chi connectivity index (χ2n) is 9.61. The van der Waals surface area contributed by atoms with Gasteiger partial charge in [0, 0.05) is 44.9 Å². The number of hydrogen-bond acceptors (Lipinski definition) is 5. The Balaban J connectivity index is 1.40. The zero-order valence-corrected chi connectivity index (χ0v) is 20.0. The fourth-order valence-electron chi connectivity index (χ4n) is 4.97. The predicted molar refractivity (Wildman–Crippen MR) is 126 cm³/mol. The highest BCUT2D eigenvalue weighted by atomic mass is 16.5. The van der Waals surface area contributed by atoms with E-state index in [2.05, 4.69) is 5.10 Å². The van der Waals surface area contributed by atoms with Crippen LogP contribution in [0.15, 0.2) is 23.3 Å². The minimum atomic E-state index is -0.127. The molecule has 0 saturated carbocycles. The Labute approximate surface area is 195 Å². The van der Waals surface area contributed by atoms with Crippen molar-refractivity contribution in [3.05, 3.63) is 29.3 Å². The Morgan fingerprint density at radius 1 is 1.00 bits per heavy atom. The number of morpholine rings is 1. The maximum Gasteiger partial charge on any atom is 0.270 e. The summed E-state index contributed by atoms with van der Waals surface area (Å²) in [7, 11) is 0. The molecule has 3 heterocycles. The van der Waals surface area contributed by atoms with Crippen molar-refractivity contribution in [1.29, 1.82) is 0 Å². The second kappa shape index (κ2) is 9.63. The minimum Gasteiger partial charge on any atom is -0.372 e. The number of likely N-dealkylation sites (tertiary alicyclic amines) is 1. The van der Waals surface area contributed by atoms with Crippen LogP contribution in [0.3, 0.4) is 0 Å². The Morgan fingerprint density at radius 2 is 1.67 bits per heavy atom. The van der Waals surface area contributed by atoms with Crippen LogP contribution in [0.1, 0.15) is 50.7 Å². The number of carbonyl (C=O) groups is 3. The number of rotatable bonds is 3. The van der Waals surface area contributed by atoms with Gasteiger partial charge >= 0.3 is 0 Å². The minimum absolute atomic E-state index is 0.0476. The zero-order chi connectivity index (χ0) is 23.7. The molecule has 1 aromatic rings. The number of nitrogens with zero attached hydrogens (tertiary/aromatic N) is 4. The third-order valence-corrected chi connectivity index (χ3v) is 6.74. The lowest BCUT2D eigenvalue weighted by atomic mass is 9.94. The number of ether oxygens (including phenoxy) is 1. The maximum absolute atomic E-state index is 13.2. The van der Waals surface area contributed by atoms with E-state index >= 15 is 0 Å². The van der Waals surface area contributed by atoms with Crippen LogP contribution in [-0.2, 0) is 19.1 Å². The van der Waals surface area contributed by atoms with E-state index in [1.54, 1.807) is 4.90 Å². The van der Waals surface area contributed by atoms with Crippen molar-refractivity contribution in [2.45, 2.75) is 65.6 Å². The Morgan fingerprint density at radius 3 is 2.33 bits per heavy atom. The summed E-state index contributed by atoms with van der Waals surface area (Å²) < 4.78 is 5.74. The summed E-state index contributed by atoms with van der Waals surface area (Å²) in [6.45, 7) is 10.2. The van der Waals surface area contributed by atoms with Gasteiger partial charge in [-0.15, -0.1) is 0 Å². The predicted octanol–water partition coefficient (Wildman–Crippen LogP) is 2.66. The molecule has 8 nitrogen and oxygen atoms in total. The molecule has 8 heteroatoms. The van der Waals surface area contributed by atoms with E-state index in [-0.39, 0.29) is 42.3 Å². The van der Waals surface area contributed by atoms with Crippen molar-refractivity contribution >= 4 is 29.1 Å². The zero-order valence-electron chi connectivity index (χ0n) is 20.0. The van der Waals surface area contributed by atoms with Gasteiger partial charge in [-0.1, -0.05) is 12.1 Å². The van der Waals surface area contributed by atoms with Crippen LogP contribution in [0.2, 0.25) is 0 Å². The van der Waals surface area contributed by atoms with E-state index in [0.29, 0.717) is 51.2 Å². The van der Waals surface area contributed by atoms with Gasteiger partial charge in [-0.2, -0.15) is 5.10 Å². The van der Waals surface area contributed by atoms with Crippen LogP contribution >= 0.6 is 0 Å². The van der Waals surface area contributed by atoms with Crippen LogP contribution in [0.4, 0.5) is 5.69 Å². The number of anilines is 1. The van der Waals surface area contributed by atoms with Crippen LogP contribution < -0.4 is 5.01 Å². The smallest absolute Gasteiger partial charge is 0.270 e. The first kappa shape index (κ1) is 23.4. The van der Waals surface area contributed by atoms with Gasteiger partial charge in [-0.25, -0.2) is 5.01 Å². The summed E-state index contributed by atoms with van der Waals surface area (Å²) >= 11 is 0. The van der Waals surface area contributed by atoms with Gasteiger partial charge in [0.05, 0.1) is 17.9 Å². The van der Waals surface area contributed by atoms with Crippen LogP contribution in [0, 0.1) is 19.8 Å². The summed E-state index contributed by atoms with van der Waals surface area (Å²) in [4.78, 5) is 42.5. The molecule has 3 amide bonds. The van der Waals surface area contributed by atoms with Gasteiger partial charge in [0.2, 0.25) is 11.8 Å². The van der Waals surface area contributed by atoms with Gasteiger partial charge in [-0.3, -0.25) is 14.4 Å². The lowest BCUT2D eigenvalue weighted by Gasteiger charge is -2.39. The standard InChI is InChI=1S/C25H34N4O4/c1-16-5-6-17(2)22(13-16)29-23(30)8-7-21(26-29)25(32)27-11-9-20(10-12-27)24(31)28-14-18(3)33-19(4)15-28/h5-6,13,18-20H,7-12,14-15H2,1-4H3. The lowest BCUT2D eigenvalue weighted by Crippen LogP contribution is -2.52. The summed E-state index contributed by atoms with van der Waals surface area (Å²) in [6, 6.07) is 5.88. The molecule has 3 aliphatic heterocycles. The lowest BCUT2D eigenvalue weighted by molar-refractivity contribution is -0.149. The first-order chi connectivity index (χ1) is 15.7. The molecule has 4 rings (SSSR count). The number of hydrogen-bond donors (Lipinski definition) is 0. The maximum atomic E-state index is 13.2. The molecule has 0 aliphatic carbocycles. The molecule has 0 aromatic heterocycles. The Kier molecular flexibility index (Phi) is 6.83. The molecule has 33 heavy (non-hydrogen) atoms. The third kappa shape index (κ3) is 5.11. The first-order valence-electron chi connectivity index (χ1n) is 11.9. The first-order valence-corrected chi connectivity index (χ1v) is 11.9. The van der Waals surface area contributed by atoms with Gasteiger partial charge in [0.15, 0.2) is 0 Å². The van der Waals surface area contributed by atoms with E-state index in [0.717, 1.165) is 16.8 Å². The number of hydrazone groups is 1. The van der Waals surface area contributed by atoms with E-state index in [9.17, 15) is 14.4 Å². The fourth-order valence-corrected chi connectivity index (χ4v) is 4.97. The molecule has 2 saturated heterocycles. The van der Waals surface area contributed by atoms with Crippen LogP contribution in [0.5, 0.6) is 0 Å². The SMILES string of the molecule is Cc1ccc(C)c(N2N=C(C(=O)N3CCC(C(=O)N4CC(C)OC(C)C4)CC3)CCC2=O)c1. The van der Waals surface area contributed by atoms with E-state index in [1.807, 2.05) is 50.8 Å². The second-order valence-corrected chi connectivity index (χ2v) is 9.61. The molecular formula is C25H34N4O4. The summed E-state index contributed by atoms with van der Waals surface area (Å²) in [5, 5.41) is 5.86. The van der Waals surface area contributed by atoms with Crippen LogP contribution in [0.25, 0.3) is 0 Å². The summed E-state index contributed by atoms with van der Waals surface area (Å²) in [5.74, 6) is -0.116. The highest BCUT2D eigenvalue weighted by Gasteiger charge is 2.35. The molecule has 0 N–H and O–H groups in total. The Bertz CT molecular complexity index is 957. The average molecular weight is 455 g/mol. The van der Waals surface area contributed by atoms with Crippen molar-refractivity contribution in [2.75, 3.05) is 31.2 Å². The van der Waals surface area contributed by atoms with Gasteiger partial charge in [0.25, 0.3) is 5.91 Å². The summed E-state index contributed by atoms with van der Waals surface area (Å²) in [6.07, 6.45) is 2.01. The van der Waals surface area contributed by atoms with Crippen molar-refractivity contribution in [1.82, 2.24) is 9.80 Å². The van der Waals surface area contributed by atoms with E-state index in [1.165, 1.54) is 5.01 Å². The van der Waals surface area contributed by atoms with E-state index < -0.39 is 0 Å². The number of benzene rings is 1.